The second-order valence-corrected chi connectivity index (χ2v) is 4.25. The van der Waals surface area contributed by atoms with Crippen molar-refractivity contribution in [3.05, 3.63) is 45.7 Å². The van der Waals surface area contributed by atoms with Gasteiger partial charge < -0.3 is 10.3 Å². The minimum Gasteiger partial charge on any atom is -0.365 e. The van der Waals surface area contributed by atoms with Gasteiger partial charge in [0.15, 0.2) is 0 Å². The molecule has 2 rings (SSSR count). The van der Waals surface area contributed by atoms with E-state index in [1.165, 1.54) is 16.8 Å². The Morgan fingerprint density at radius 2 is 2.00 bits per heavy atom. The maximum atomic E-state index is 12.7. The van der Waals surface area contributed by atoms with E-state index in [0.717, 1.165) is 12.1 Å². The number of rotatable bonds is 2. The van der Waals surface area contributed by atoms with Crippen LogP contribution in [0.3, 0.4) is 0 Å². The normalized spacial score (nSPS) is 11.8. The average Bonchev–Trinajstić information content (AvgIpc) is 2.37. The largest absolute Gasteiger partial charge is 0.416 e. The first-order valence-electron chi connectivity index (χ1n) is 5.80. The van der Waals surface area contributed by atoms with Gasteiger partial charge in [-0.25, -0.2) is 0 Å². The van der Waals surface area contributed by atoms with Crippen molar-refractivity contribution in [1.82, 2.24) is 4.57 Å². The molecule has 20 heavy (non-hydrogen) atoms. The molecular weight excluding hydrogens is 273 g/mol. The summed E-state index contributed by atoms with van der Waals surface area (Å²) in [7, 11) is 0. The van der Waals surface area contributed by atoms with Gasteiger partial charge in [-0.15, -0.1) is 0 Å². The van der Waals surface area contributed by atoms with Gasteiger partial charge in [-0.1, -0.05) is 0 Å². The van der Waals surface area contributed by atoms with Gasteiger partial charge in [0.05, 0.1) is 11.1 Å². The predicted molar refractivity (Wildman–Crippen MR) is 67.4 cm³/mol. The molecule has 0 fully saturated rings. The maximum Gasteiger partial charge on any atom is 0.416 e. The first-order chi connectivity index (χ1) is 9.25. The van der Waals surface area contributed by atoms with E-state index in [1.54, 1.807) is 6.92 Å². The average molecular weight is 284 g/mol. The fourth-order valence-corrected chi connectivity index (χ4v) is 2.01. The molecule has 2 aromatic rings. The summed E-state index contributed by atoms with van der Waals surface area (Å²) >= 11 is 0. The number of aryl methyl sites for hydroxylation is 1. The molecule has 106 valence electrons. The highest BCUT2D eigenvalue weighted by Crippen LogP contribution is 2.30. The number of carbonyl (C=O) groups is 1. The first kappa shape index (κ1) is 14.1. The summed E-state index contributed by atoms with van der Waals surface area (Å²) in [4.78, 5) is 23.2. The second-order valence-electron chi connectivity index (χ2n) is 4.25. The van der Waals surface area contributed by atoms with Gasteiger partial charge >= 0.3 is 6.18 Å². The van der Waals surface area contributed by atoms with E-state index in [2.05, 4.69) is 0 Å². The molecule has 0 aliphatic heterocycles. The van der Waals surface area contributed by atoms with Gasteiger partial charge in [0, 0.05) is 18.1 Å². The molecule has 1 amide bonds. The van der Waals surface area contributed by atoms with Crippen molar-refractivity contribution in [2.45, 2.75) is 19.6 Å². The smallest absolute Gasteiger partial charge is 0.365 e. The topological polar surface area (TPSA) is 65.1 Å². The molecule has 1 aromatic heterocycles. The van der Waals surface area contributed by atoms with Crippen molar-refractivity contribution in [3.8, 4) is 0 Å². The highest BCUT2D eigenvalue weighted by Gasteiger charge is 2.31. The van der Waals surface area contributed by atoms with Crippen LogP contribution >= 0.6 is 0 Å². The predicted octanol–water partition coefficient (Wildman–Crippen LogP) is 2.14. The molecule has 0 spiro atoms. The van der Waals surface area contributed by atoms with Gasteiger partial charge in [-0.05, 0) is 25.1 Å². The van der Waals surface area contributed by atoms with Crippen LogP contribution in [0.15, 0.2) is 29.2 Å². The third-order valence-electron chi connectivity index (χ3n) is 3.01. The lowest BCUT2D eigenvalue weighted by molar-refractivity contribution is -0.137. The summed E-state index contributed by atoms with van der Waals surface area (Å²) in [5.74, 6) is -0.962. The summed E-state index contributed by atoms with van der Waals surface area (Å²) in [6, 6.07) is 2.86. The molecule has 0 aliphatic carbocycles. The third-order valence-corrected chi connectivity index (χ3v) is 3.01. The van der Waals surface area contributed by atoms with Crippen molar-refractivity contribution in [2.24, 2.45) is 5.73 Å². The Balaban J connectivity index is 2.89. The SMILES string of the molecule is CCn1cc(C(N)=O)c(=O)c2cc(C(F)(F)F)ccc21. The molecule has 4 nitrogen and oxygen atoms in total. The first-order valence-corrected chi connectivity index (χ1v) is 5.80. The van der Waals surface area contributed by atoms with Gasteiger partial charge in [0.1, 0.15) is 5.56 Å². The van der Waals surface area contributed by atoms with Crippen molar-refractivity contribution in [3.63, 3.8) is 0 Å². The highest BCUT2D eigenvalue weighted by molar-refractivity contribution is 5.96. The summed E-state index contributed by atoms with van der Waals surface area (Å²) in [6.07, 6.45) is -3.29. The van der Waals surface area contributed by atoms with Crippen LogP contribution in [0, 0.1) is 0 Å². The molecule has 0 saturated carbocycles. The number of amides is 1. The van der Waals surface area contributed by atoms with E-state index >= 15 is 0 Å². The van der Waals surface area contributed by atoms with Crippen LogP contribution in [0.1, 0.15) is 22.8 Å². The fourth-order valence-electron chi connectivity index (χ4n) is 2.01. The number of nitrogens with two attached hydrogens (primary N) is 1. The second kappa shape index (κ2) is 4.66. The van der Waals surface area contributed by atoms with E-state index in [-0.39, 0.29) is 10.9 Å². The van der Waals surface area contributed by atoms with Gasteiger partial charge in [-0.2, -0.15) is 13.2 Å². The molecule has 0 aliphatic rings. The molecule has 0 saturated heterocycles. The molecule has 1 heterocycles. The standard InChI is InChI=1S/C13H11F3N2O2/c1-2-18-6-9(12(17)20)11(19)8-5-7(13(14,15)16)3-4-10(8)18/h3-6H,2H2,1H3,(H2,17,20). The number of pyridine rings is 1. The number of carbonyl (C=O) groups excluding carboxylic acids is 1. The van der Waals surface area contributed by atoms with Crippen molar-refractivity contribution >= 4 is 16.8 Å². The number of hydrogen-bond acceptors (Lipinski definition) is 2. The third kappa shape index (κ3) is 2.26. The van der Waals surface area contributed by atoms with Crippen LogP contribution in [-0.2, 0) is 12.7 Å². The van der Waals surface area contributed by atoms with Crippen LogP contribution in [0.2, 0.25) is 0 Å². The van der Waals surface area contributed by atoms with Crippen molar-refractivity contribution in [1.29, 1.82) is 0 Å². The quantitative estimate of drug-likeness (QED) is 0.918. The zero-order valence-corrected chi connectivity index (χ0v) is 10.5. The molecule has 0 atom stereocenters. The Kier molecular flexibility index (Phi) is 3.29. The molecular formula is C13H11F3N2O2. The van der Waals surface area contributed by atoms with E-state index < -0.39 is 23.1 Å². The number of benzene rings is 1. The Morgan fingerprint density at radius 3 is 2.50 bits per heavy atom. The lowest BCUT2D eigenvalue weighted by Crippen LogP contribution is -2.24. The number of nitrogens with zero attached hydrogens (tertiary/aromatic N) is 1. The van der Waals surface area contributed by atoms with E-state index in [4.69, 9.17) is 5.73 Å². The summed E-state index contributed by atoms with van der Waals surface area (Å²) in [5, 5.41) is -0.169. The summed E-state index contributed by atoms with van der Waals surface area (Å²) < 4.78 is 39.6. The molecule has 0 unspecified atom stereocenters. The number of halogens is 3. The minimum absolute atomic E-state index is 0.169. The highest BCUT2D eigenvalue weighted by atomic mass is 19.4. The number of alkyl halides is 3. The van der Waals surface area contributed by atoms with Crippen LogP contribution in [0.4, 0.5) is 13.2 Å². The van der Waals surface area contributed by atoms with E-state index in [0.29, 0.717) is 12.1 Å². The number of hydrogen-bond donors (Lipinski definition) is 1. The Hall–Kier alpha value is -2.31. The van der Waals surface area contributed by atoms with Crippen LogP contribution in [0.25, 0.3) is 10.9 Å². The number of aromatic nitrogens is 1. The van der Waals surface area contributed by atoms with Gasteiger partial charge in [0.2, 0.25) is 5.43 Å². The number of fused-ring (bicyclic) bond motifs is 1. The lowest BCUT2D eigenvalue weighted by atomic mass is 10.1. The number of primary amides is 1. The van der Waals surface area contributed by atoms with Crippen molar-refractivity contribution < 1.29 is 18.0 Å². The fraction of sp³-hybridized carbons (Fsp3) is 0.231. The van der Waals surface area contributed by atoms with Crippen molar-refractivity contribution in [2.75, 3.05) is 0 Å². The Bertz CT molecular complexity index is 748. The summed E-state index contributed by atoms with van der Waals surface area (Å²) in [5.41, 5.74) is 3.36. The zero-order valence-electron chi connectivity index (χ0n) is 10.5. The minimum atomic E-state index is -4.56. The van der Waals surface area contributed by atoms with Gasteiger partial charge in [0.25, 0.3) is 5.91 Å². The summed E-state index contributed by atoms with van der Waals surface area (Å²) in [6.45, 7) is 2.13. The molecule has 2 N–H and O–H groups in total. The van der Waals surface area contributed by atoms with E-state index in [1.807, 2.05) is 0 Å². The molecule has 0 radical (unpaired) electrons. The van der Waals surface area contributed by atoms with Gasteiger partial charge in [-0.3, -0.25) is 9.59 Å². The van der Waals surface area contributed by atoms with Crippen LogP contribution < -0.4 is 11.2 Å². The maximum absolute atomic E-state index is 12.7. The Morgan fingerprint density at radius 1 is 1.35 bits per heavy atom. The van der Waals surface area contributed by atoms with Crippen LogP contribution in [0.5, 0.6) is 0 Å². The lowest BCUT2D eigenvalue weighted by Gasteiger charge is -2.12. The molecule has 0 bridgehead atoms. The zero-order chi connectivity index (χ0) is 15.1. The molecule has 1 aromatic carbocycles. The van der Waals surface area contributed by atoms with Crippen LogP contribution in [-0.4, -0.2) is 10.5 Å². The monoisotopic (exact) mass is 284 g/mol. The van der Waals surface area contributed by atoms with E-state index in [9.17, 15) is 22.8 Å². The Labute approximate surface area is 111 Å². The molecule has 7 heteroatoms.